The van der Waals surface area contributed by atoms with Crippen molar-refractivity contribution in [3.05, 3.63) is 35.5 Å². The molecule has 0 fully saturated rings. The standard InChI is InChI=1S/C11H8ClF3NO3S.BF4/c1-16-8-5-3-2-4-7(8)9(6-10(16)12)19-20(17,18)11(13,14)15;2-1(3,4)5/h2-6H,1H3;/q+1;-1. The Bertz CT molecular complexity index is 864. The third-order valence-electron chi connectivity index (χ3n) is 2.58. The molecule has 140 valence electrons. The van der Waals surface area contributed by atoms with Crippen molar-refractivity contribution in [2.75, 3.05) is 0 Å². The summed E-state index contributed by atoms with van der Waals surface area (Å²) < 4.78 is 104. The van der Waals surface area contributed by atoms with Gasteiger partial charge in [-0.2, -0.15) is 26.2 Å². The lowest BCUT2D eigenvalue weighted by atomic mass is 10.2. The zero-order valence-electron chi connectivity index (χ0n) is 12.1. The molecule has 1 aromatic carbocycles. The van der Waals surface area contributed by atoms with Crippen LogP contribution in [0.4, 0.5) is 30.4 Å². The van der Waals surface area contributed by atoms with Crippen molar-refractivity contribution in [1.29, 1.82) is 0 Å². The SMILES string of the molecule is C[n+]1c(Cl)cc(OS(=O)(=O)C(F)(F)F)c2ccccc21.F[B-](F)(F)F. The summed E-state index contributed by atoms with van der Waals surface area (Å²) in [4.78, 5) is 0. The first kappa shape index (κ1) is 21.3. The Hall–Kier alpha value is -1.76. The summed E-state index contributed by atoms with van der Waals surface area (Å²) in [6.45, 7) is 0. The van der Waals surface area contributed by atoms with E-state index in [1.165, 1.54) is 10.6 Å². The van der Waals surface area contributed by atoms with Gasteiger partial charge in [-0.25, -0.2) is 0 Å². The normalized spacial score (nSPS) is 12.5. The lowest BCUT2D eigenvalue weighted by Gasteiger charge is -2.11. The molecular formula is C11H8BClF7NO3S. The van der Waals surface area contributed by atoms with E-state index >= 15 is 0 Å². The number of benzene rings is 1. The number of pyridine rings is 1. The van der Waals surface area contributed by atoms with Gasteiger partial charge in [0.25, 0.3) is 5.15 Å². The molecule has 0 aliphatic carbocycles. The van der Waals surface area contributed by atoms with Gasteiger partial charge in [-0.05, 0) is 17.7 Å². The number of hydrogen-bond acceptors (Lipinski definition) is 3. The van der Waals surface area contributed by atoms with Crippen LogP contribution in [0.15, 0.2) is 30.3 Å². The summed E-state index contributed by atoms with van der Waals surface area (Å²) in [5.74, 6) is -0.471. The van der Waals surface area contributed by atoms with E-state index in [2.05, 4.69) is 4.18 Å². The van der Waals surface area contributed by atoms with Gasteiger partial charge in [-0.3, -0.25) is 0 Å². The summed E-state index contributed by atoms with van der Waals surface area (Å²) in [7, 11) is -10.1. The highest BCUT2D eigenvalue weighted by molar-refractivity contribution is 7.88. The number of nitrogens with zero attached hydrogens (tertiary/aromatic N) is 1. The number of alkyl halides is 3. The van der Waals surface area contributed by atoms with Crippen LogP contribution in [0.5, 0.6) is 5.75 Å². The van der Waals surface area contributed by atoms with Gasteiger partial charge in [-0.15, -0.1) is 0 Å². The average Bonchev–Trinajstić information content (AvgIpc) is 2.41. The molecule has 0 unspecified atom stereocenters. The maximum Gasteiger partial charge on any atom is 0.673 e. The van der Waals surface area contributed by atoms with Gasteiger partial charge in [-0.1, -0.05) is 12.1 Å². The minimum absolute atomic E-state index is 0.0380. The highest BCUT2D eigenvalue weighted by Gasteiger charge is 2.49. The Balaban J connectivity index is 0.000000550. The lowest BCUT2D eigenvalue weighted by molar-refractivity contribution is -0.642. The molecule has 0 spiro atoms. The summed E-state index contributed by atoms with van der Waals surface area (Å²) in [5, 5.41) is 0.239. The molecular weight excluding hydrogens is 405 g/mol. The first-order chi connectivity index (χ1) is 11.1. The molecule has 0 radical (unpaired) electrons. The second-order valence-electron chi connectivity index (χ2n) is 4.39. The number of fused-ring (bicyclic) bond motifs is 1. The smallest absolute Gasteiger partial charge is 0.418 e. The maximum atomic E-state index is 12.3. The Morgan fingerprint density at radius 2 is 1.60 bits per heavy atom. The minimum Gasteiger partial charge on any atom is -0.418 e. The summed E-state index contributed by atoms with van der Waals surface area (Å²) in [6.07, 6.45) is 0. The highest BCUT2D eigenvalue weighted by Crippen LogP contribution is 2.31. The topological polar surface area (TPSA) is 47.2 Å². The zero-order chi connectivity index (χ0) is 19.6. The van der Waals surface area contributed by atoms with Crippen molar-refractivity contribution in [3.8, 4) is 5.75 Å². The fourth-order valence-electron chi connectivity index (χ4n) is 1.61. The van der Waals surface area contributed by atoms with Crippen molar-refractivity contribution < 1.29 is 47.6 Å². The maximum absolute atomic E-state index is 12.3. The molecule has 0 atom stereocenters. The number of aromatic nitrogens is 1. The summed E-state index contributed by atoms with van der Waals surface area (Å²) in [5.41, 5.74) is -5.06. The van der Waals surface area contributed by atoms with Gasteiger partial charge < -0.3 is 21.4 Å². The molecule has 14 heteroatoms. The number of hydrogen-bond donors (Lipinski definition) is 0. The largest absolute Gasteiger partial charge is 0.673 e. The Labute approximate surface area is 142 Å². The first-order valence-corrected chi connectivity index (χ1v) is 7.87. The Kier molecular flexibility index (Phi) is 6.16. The fourth-order valence-corrected chi connectivity index (χ4v) is 2.27. The van der Waals surface area contributed by atoms with E-state index in [1.54, 1.807) is 25.2 Å². The number of aryl methyl sites for hydroxylation is 1. The molecule has 1 aromatic heterocycles. The van der Waals surface area contributed by atoms with Gasteiger partial charge in [0.05, 0.1) is 11.5 Å². The van der Waals surface area contributed by atoms with Gasteiger partial charge in [0, 0.05) is 6.07 Å². The van der Waals surface area contributed by atoms with Crippen LogP contribution in [0.1, 0.15) is 0 Å². The van der Waals surface area contributed by atoms with E-state index in [4.69, 9.17) is 11.6 Å². The molecule has 2 aromatic rings. The fraction of sp³-hybridized carbons (Fsp3) is 0.182. The van der Waals surface area contributed by atoms with Crippen LogP contribution in [-0.2, 0) is 17.2 Å². The molecule has 0 amide bonds. The van der Waals surface area contributed by atoms with Crippen molar-refractivity contribution in [2.24, 2.45) is 7.05 Å². The van der Waals surface area contributed by atoms with Gasteiger partial charge in [0.15, 0.2) is 5.75 Å². The van der Waals surface area contributed by atoms with E-state index < -0.39 is 28.6 Å². The van der Waals surface area contributed by atoms with Gasteiger partial charge in [0.2, 0.25) is 5.52 Å². The number of halogens is 8. The van der Waals surface area contributed by atoms with Crippen LogP contribution < -0.4 is 8.75 Å². The van der Waals surface area contributed by atoms with E-state index in [1.807, 2.05) is 0 Å². The predicted octanol–water partition coefficient (Wildman–Crippen LogP) is 3.85. The Morgan fingerprint density at radius 3 is 2.08 bits per heavy atom. The van der Waals surface area contributed by atoms with Crippen LogP contribution >= 0.6 is 11.6 Å². The molecule has 0 N–H and O–H groups in total. The lowest BCUT2D eigenvalue weighted by Crippen LogP contribution is -2.32. The molecule has 4 nitrogen and oxygen atoms in total. The zero-order valence-corrected chi connectivity index (χ0v) is 13.6. The molecule has 0 bridgehead atoms. The minimum atomic E-state index is -6.00. The third-order valence-corrected chi connectivity index (χ3v) is 3.91. The molecule has 2 rings (SSSR count). The van der Waals surface area contributed by atoms with Crippen LogP contribution in [-0.4, -0.2) is 21.2 Å². The quantitative estimate of drug-likeness (QED) is 0.188. The molecule has 25 heavy (non-hydrogen) atoms. The summed E-state index contributed by atoms with van der Waals surface area (Å²) >= 11 is 5.84. The Morgan fingerprint density at radius 1 is 1.12 bits per heavy atom. The second-order valence-corrected chi connectivity index (χ2v) is 6.31. The average molecular weight is 414 g/mol. The monoisotopic (exact) mass is 413 g/mol. The van der Waals surface area contributed by atoms with Crippen LogP contribution in [0.25, 0.3) is 10.9 Å². The summed E-state index contributed by atoms with van der Waals surface area (Å²) in [6, 6.07) is 7.22. The number of rotatable bonds is 2. The van der Waals surface area contributed by atoms with Gasteiger partial charge >= 0.3 is 22.9 Å². The van der Waals surface area contributed by atoms with Crippen molar-refractivity contribution in [2.45, 2.75) is 5.51 Å². The second kappa shape index (κ2) is 7.24. The third kappa shape index (κ3) is 5.92. The van der Waals surface area contributed by atoms with Crippen LogP contribution in [0.2, 0.25) is 5.15 Å². The number of para-hydroxylation sites is 1. The van der Waals surface area contributed by atoms with Crippen molar-refractivity contribution in [3.63, 3.8) is 0 Å². The van der Waals surface area contributed by atoms with Crippen molar-refractivity contribution >= 4 is 39.9 Å². The molecule has 0 aliphatic rings. The van der Waals surface area contributed by atoms with E-state index in [-0.39, 0.29) is 10.5 Å². The molecule has 0 saturated carbocycles. The first-order valence-electron chi connectivity index (χ1n) is 6.09. The van der Waals surface area contributed by atoms with Crippen LogP contribution in [0, 0.1) is 0 Å². The van der Waals surface area contributed by atoms with E-state index in [0.717, 1.165) is 6.07 Å². The van der Waals surface area contributed by atoms with Crippen LogP contribution in [0.3, 0.4) is 0 Å². The predicted molar refractivity (Wildman–Crippen MR) is 75.9 cm³/mol. The highest BCUT2D eigenvalue weighted by atomic mass is 35.5. The van der Waals surface area contributed by atoms with Crippen molar-refractivity contribution in [1.82, 2.24) is 0 Å². The molecule has 1 heterocycles. The molecule has 0 saturated heterocycles. The van der Waals surface area contributed by atoms with E-state index in [9.17, 15) is 38.9 Å². The van der Waals surface area contributed by atoms with Gasteiger partial charge in [0.1, 0.15) is 7.05 Å². The molecule has 0 aliphatic heterocycles. The van der Waals surface area contributed by atoms with E-state index in [0.29, 0.717) is 5.52 Å².